The molecule has 2 rings (SSSR count). The minimum atomic E-state index is 0.720. The first-order valence-corrected chi connectivity index (χ1v) is 7.87. The van der Waals surface area contributed by atoms with Gasteiger partial charge in [-0.25, -0.2) is 0 Å². The van der Waals surface area contributed by atoms with Gasteiger partial charge in [0.1, 0.15) is 5.01 Å². The van der Waals surface area contributed by atoms with Crippen LogP contribution in [0.3, 0.4) is 0 Å². The van der Waals surface area contributed by atoms with E-state index in [2.05, 4.69) is 54.1 Å². The van der Waals surface area contributed by atoms with Crippen molar-refractivity contribution in [3.63, 3.8) is 0 Å². The predicted molar refractivity (Wildman–Crippen MR) is 84.1 cm³/mol. The average Bonchev–Trinajstić information content (AvgIpc) is 2.84. The summed E-state index contributed by atoms with van der Waals surface area (Å²) in [4.78, 5) is 0. The number of hydrogen-bond acceptors (Lipinski definition) is 5. The second kappa shape index (κ2) is 6.73. The number of hydrogen-bond donors (Lipinski definition) is 1. The van der Waals surface area contributed by atoms with E-state index < -0.39 is 0 Å². The molecule has 0 unspecified atom stereocenters. The normalized spacial score (nSPS) is 10.4. The number of thioether (sulfide) groups is 1. The molecule has 100 valence electrons. The van der Waals surface area contributed by atoms with Gasteiger partial charge in [0.2, 0.25) is 0 Å². The van der Waals surface area contributed by atoms with Crippen molar-refractivity contribution in [3.05, 3.63) is 47.0 Å². The van der Waals surface area contributed by atoms with Crippen LogP contribution < -0.4 is 5.32 Å². The molecule has 0 aliphatic heterocycles. The lowest BCUT2D eigenvalue weighted by molar-refractivity contribution is 0.947. The Hall–Kier alpha value is -1.33. The molecule has 0 aliphatic carbocycles. The molecule has 0 bridgehead atoms. The molecule has 0 saturated carbocycles. The third-order valence-electron chi connectivity index (χ3n) is 2.67. The summed E-state index contributed by atoms with van der Waals surface area (Å²) in [5, 5.41) is 12.8. The van der Waals surface area contributed by atoms with Crippen LogP contribution in [-0.2, 0) is 6.54 Å². The fourth-order valence-corrected chi connectivity index (χ4v) is 3.35. The molecule has 1 aromatic heterocycles. The van der Waals surface area contributed by atoms with Crippen molar-refractivity contribution in [2.45, 2.75) is 24.7 Å². The van der Waals surface area contributed by atoms with Crippen LogP contribution in [0.15, 0.2) is 35.2 Å². The van der Waals surface area contributed by atoms with Crippen LogP contribution in [-0.4, -0.2) is 16.0 Å². The van der Waals surface area contributed by atoms with Gasteiger partial charge in [-0.3, -0.25) is 0 Å². The Morgan fingerprint density at radius 2 is 2.05 bits per heavy atom. The van der Waals surface area contributed by atoms with Crippen molar-refractivity contribution in [1.29, 1.82) is 0 Å². The Labute approximate surface area is 122 Å². The zero-order valence-electron chi connectivity index (χ0n) is 11.1. The predicted octanol–water partition coefficient (Wildman–Crippen LogP) is 4.05. The topological polar surface area (TPSA) is 37.8 Å². The highest BCUT2D eigenvalue weighted by molar-refractivity contribution is 8.01. The summed E-state index contributed by atoms with van der Waals surface area (Å²) in [7, 11) is 0. The second-order valence-corrected chi connectivity index (χ2v) is 6.51. The van der Waals surface area contributed by atoms with Crippen LogP contribution in [0.25, 0.3) is 0 Å². The summed E-state index contributed by atoms with van der Waals surface area (Å²) in [6.07, 6.45) is 1.88. The van der Waals surface area contributed by atoms with Crippen molar-refractivity contribution in [2.75, 3.05) is 11.1 Å². The van der Waals surface area contributed by atoms with Gasteiger partial charge in [-0.2, -0.15) is 0 Å². The first-order chi connectivity index (χ1) is 9.20. The lowest BCUT2D eigenvalue weighted by Gasteiger charge is -2.10. The number of para-hydroxylation sites is 1. The minimum absolute atomic E-state index is 0.720. The highest BCUT2D eigenvalue weighted by Gasteiger charge is 2.06. The molecule has 5 heteroatoms. The fraction of sp³-hybridized carbons (Fsp3) is 0.286. The molecule has 1 aromatic carbocycles. The van der Waals surface area contributed by atoms with E-state index in [9.17, 15) is 0 Å². The first kappa shape index (κ1) is 14.1. The van der Waals surface area contributed by atoms with Crippen LogP contribution in [0.4, 0.5) is 5.69 Å². The zero-order valence-corrected chi connectivity index (χ0v) is 12.8. The van der Waals surface area contributed by atoms with Crippen molar-refractivity contribution in [1.82, 2.24) is 10.2 Å². The number of rotatable bonds is 6. The molecule has 0 atom stereocenters. The van der Waals surface area contributed by atoms with Crippen molar-refractivity contribution in [3.8, 4) is 0 Å². The molecule has 2 aromatic rings. The van der Waals surface area contributed by atoms with E-state index in [0.717, 1.165) is 21.6 Å². The SMILES string of the molecule is C=CCSc1nnc(CNc2c(C)cccc2C)s1. The number of nitrogens with one attached hydrogen (secondary N) is 1. The number of aromatic nitrogens is 2. The standard InChI is InChI=1S/C14H17N3S2/c1-4-8-18-14-17-16-12(19-14)9-15-13-10(2)6-5-7-11(13)3/h4-7,15H,1,8-9H2,2-3H3. The van der Waals surface area contributed by atoms with E-state index in [1.807, 2.05) is 6.08 Å². The third-order valence-corrected chi connectivity index (χ3v) is 4.72. The third kappa shape index (κ3) is 3.81. The van der Waals surface area contributed by atoms with Gasteiger partial charge in [-0.15, -0.1) is 16.8 Å². The Balaban J connectivity index is 1.98. The molecule has 3 nitrogen and oxygen atoms in total. The van der Waals surface area contributed by atoms with Gasteiger partial charge in [0, 0.05) is 11.4 Å². The molecule has 0 saturated heterocycles. The quantitative estimate of drug-likeness (QED) is 0.644. The number of benzene rings is 1. The van der Waals surface area contributed by atoms with Crippen LogP contribution >= 0.6 is 23.1 Å². The molecule has 0 spiro atoms. The molecular formula is C14H17N3S2. The maximum atomic E-state index is 4.19. The average molecular weight is 291 g/mol. The monoisotopic (exact) mass is 291 g/mol. The Morgan fingerprint density at radius 1 is 1.32 bits per heavy atom. The lowest BCUT2D eigenvalue weighted by Crippen LogP contribution is -2.02. The van der Waals surface area contributed by atoms with Crippen molar-refractivity contribution < 1.29 is 0 Å². The lowest BCUT2D eigenvalue weighted by atomic mass is 10.1. The van der Waals surface area contributed by atoms with Crippen molar-refractivity contribution in [2.24, 2.45) is 0 Å². The molecule has 0 radical (unpaired) electrons. The first-order valence-electron chi connectivity index (χ1n) is 6.07. The largest absolute Gasteiger partial charge is 0.378 e. The van der Waals surface area contributed by atoms with E-state index in [1.165, 1.54) is 16.8 Å². The van der Waals surface area contributed by atoms with Crippen LogP contribution in [0, 0.1) is 13.8 Å². The van der Waals surface area contributed by atoms with E-state index in [-0.39, 0.29) is 0 Å². The van der Waals surface area contributed by atoms with Gasteiger partial charge in [0.25, 0.3) is 0 Å². The summed E-state index contributed by atoms with van der Waals surface area (Å²) < 4.78 is 0.998. The van der Waals surface area contributed by atoms with Crippen LogP contribution in [0.2, 0.25) is 0 Å². The highest BCUT2D eigenvalue weighted by atomic mass is 32.2. The molecule has 0 fully saturated rings. The van der Waals surface area contributed by atoms with Gasteiger partial charge in [0.15, 0.2) is 4.34 Å². The van der Waals surface area contributed by atoms with Gasteiger partial charge in [-0.1, -0.05) is 47.4 Å². The minimum Gasteiger partial charge on any atom is -0.378 e. The molecule has 19 heavy (non-hydrogen) atoms. The molecule has 0 aliphatic rings. The summed E-state index contributed by atoms with van der Waals surface area (Å²) in [6.45, 7) is 8.65. The van der Waals surface area contributed by atoms with E-state index in [1.54, 1.807) is 23.1 Å². The maximum Gasteiger partial charge on any atom is 0.174 e. The Bertz CT molecular complexity index is 543. The summed E-state index contributed by atoms with van der Waals surface area (Å²) in [6, 6.07) is 6.30. The van der Waals surface area contributed by atoms with Gasteiger partial charge < -0.3 is 5.32 Å². The van der Waals surface area contributed by atoms with Gasteiger partial charge in [0.05, 0.1) is 6.54 Å². The van der Waals surface area contributed by atoms with Gasteiger partial charge >= 0.3 is 0 Å². The van der Waals surface area contributed by atoms with Crippen LogP contribution in [0.1, 0.15) is 16.1 Å². The molecule has 1 heterocycles. The zero-order chi connectivity index (χ0) is 13.7. The summed E-state index contributed by atoms with van der Waals surface area (Å²) >= 11 is 3.30. The number of anilines is 1. The maximum absolute atomic E-state index is 4.19. The molecule has 1 N–H and O–H groups in total. The van der Waals surface area contributed by atoms with E-state index in [4.69, 9.17) is 0 Å². The molecule has 0 amide bonds. The smallest absolute Gasteiger partial charge is 0.174 e. The van der Waals surface area contributed by atoms with Gasteiger partial charge in [-0.05, 0) is 25.0 Å². The Kier molecular flexibility index (Phi) is 4.99. The number of nitrogens with zero attached hydrogens (tertiary/aromatic N) is 2. The molecular weight excluding hydrogens is 274 g/mol. The summed E-state index contributed by atoms with van der Waals surface area (Å²) in [5.41, 5.74) is 3.70. The number of aryl methyl sites for hydroxylation is 2. The van der Waals surface area contributed by atoms with E-state index >= 15 is 0 Å². The Morgan fingerprint density at radius 3 is 2.74 bits per heavy atom. The second-order valence-electron chi connectivity index (χ2n) is 4.18. The fourth-order valence-electron chi connectivity index (χ4n) is 1.76. The van der Waals surface area contributed by atoms with Crippen LogP contribution in [0.5, 0.6) is 0 Å². The van der Waals surface area contributed by atoms with Crippen molar-refractivity contribution >= 4 is 28.8 Å². The van der Waals surface area contributed by atoms with E-state index in [0.29, 0.717) is 0 Å². The summed E-state index contributed by atoms with van der Waals surface area (Å²) in [5.74, 6) is 0.874. The highest BCUT2D eigenvalue weighted by Crippen LogP contribution is 2.24.